The van der Waals surface area contributed by atoms with Gasteiger partial charge in [0.25, 0.3) is 5.91 Å². The van der Waals surface area contributed by atoms with Crippen molar-refractivity contribution in [2.24, 2.45) is 0 Å². The van der Waals surface area contributed by atoms with Gasteiger partial charge in [-0.3, -0.25) is 4.79 Å². The Labute approximate surface area is 207 Å². The summed E-state index contributed by atoms with van der Waals surface area (Å²) in [6.07, 6.45) is 3.65. The zero-order valence-corrected chi connectivity index (χ0v) is 20.2. The lowest BCUT2D eigenvalue weighted by atomic mass is 9.90. The molecular weight excluding hydrogens is 472 g/mol. The van der Waals surface area contributed by atoms with Crippen LogP contribution in [0.15, 0.2) is 60.0 Å². The number of rotatable bonds is 8. The molecular formula is C25H27ClN4O3S. The second-order valence-corrected chi connectivity index (χ2v) is 9.53. The molecule has 0 bridgehead atoms. The summed E-state index contributed by atoms with van der Waals surface area (Å²) < 4.78 is 5.71. The van der Waals surface area contributed by atoms with E-state index in [0.717, 1.165) is 31.2 Å². The maximum absolute atomic E-state index is 12.8. The fourth-order valence-electron chi connectivity index (χ4n) is 3.87. The quantitative estimate of drug-likeness (QED) is 0.411. The van der Waals surface area contributed by atoms with Crippen molar-refractivity contribution in [3.05, 3.63) is 81.3 Å². The van der Waals surface area contributed by atoms with Crippen molar-refractivity contribution >= 4 is 34.9 Å². The molecule has 0 saturated heterocycles. The number of benzene rings is 2. The number of nitrogens with one attached hydrogen (secondary N) is 3. The van der Waals surface area contributed by atoms with Crippen molar-refractivity contribution in [3.63, 3.8) is 0 Å². The number of urea groups is 1. The molecule has 2 atom stereocenters. The number of carbonyl (C=O) groups excluding carboxylic acids is 2. The zero-order valence-electron chi connectivity index (χ0n) is 18.6. The maximum Gasteiger partial charge on any atom is 0.315 e. The van der Waals surface area contributed by atoms with Crippen LogP contribution in [0.2, 0.25) is 5.02 Å². The summed E-state index contributed by atoms with van der Waals surface area (Å²) >= 11 is 7.26. The van der Waals surface area contributed by atoms with Gasteiger partial charge in [0.1, 0.15) is 23.1 Å². The van der Waals surface area contributed by atoms with Crippen molar-refractivity contribution in [1.29, 1.82) is 0 Å². The van der Waals surface area contributed by atoms with Crippen LogP contribution in [-0.4, -0.2) is 29.0 Å². The Balaban J connectivity index is 1.27. The van der Waals surface area contributed by atoms with Crippen LogP contribution in [0.1, 0.15) is 46.7 Å². The van der Waals surface area contributed by atoms with E-state index in [1.165, 1.54) is 11.3 Å². The van der Waals surface area contributed by atoms with Crippen LogP contribution in [0, 0.1) is 0 Å². The smallest absolute Gasteiger partial charge is 0.315 e. The lowest BCUT2D eigenvalue weighted by Gasteiger charge is -2.32. The summed E-state index contributed by atoms with van der Waals surface area (Å²) in [5.41, 5.74) is 1.39. The molecule has 7 nitrogen and oxygen atoms in total. The van der Waals surface area contributed by atoms with Gasteiger partial charge in [-0.2, -0.15) is 0 Å². The Morgan fingerprint density at radius 2 is 1.71 bits per heavy atom. The molecule has 1 aromatic heterocycles. The molecule has 9 heteroatoms. The van der Waals surface area contributed by atoms with E-state index in [1.54, 1.807) is 29.6 Å². The second kappa shape index (κ2) is 11.9. The van der Waals surface area contributed by atoms with Crippen LogP contribution < -0.4 is 20.7 Å². The fraction of sp³-hybridized carbons (Fsp3) is 0.320. The standard InChI is InChI=1S/C25H27ClN4O3S/c26-18-10-12-19(13-11-18)33-15-23-28-22(16-34-23)24(31)29-20-8-4-5-9-21(20)30-25(32)27-14-17-6-2-1-3-7-17/h1-3,6-7,10-13,16,20-21H,4-5,8-9,14-15H2,(H,29,31)(H2,27,30,32)/t20-,21+/m0/s1. The molecule has 1 aliphatic carbocycles. The van der Waals surface area contributed by atoms with Crippen LogP contribution in [0.3, 0.4) is 0 Å². The van der Waals surface area contributed by atoms with Gasteiger partial charge in [-0.1, -0.05) is 54.8 Å². The number of amides is 3. The van der Waals surface area contributed by atoms with Gasteiger partial charge in [0.15, 0.2) is 0 Å². The van der Waals surface area contributed by atoms with Gasteiger partial charge in [0, 0.05) is 23.0 Å². The van der Waals surface area contributed by atoms with E-state index >= 15 is 0 Å². The van der Waals surface area contributed by atoms with Gasteiger partial charge in [-0.25, -0.2) is 9.78 Å². The summed E-state index contributed by atoms with van der Waals surface area (Å²) in [5, 5.41) is 12.1. The highest BCUT2D eigenvalue weighted by molar-refractivity contribution is 7.09. The third-order valence-corrected chi connectivity index (χ3v) is 6.73. The van der Waals surface area contributed by atoms with Crippen LogP contribution >= 0.6 is 22.9 Å². The Kier molecular flexibility index (Phi) is 8.38. The number of ether oxygens (including phenoxy) is 1. The molecule has 4 rings (SSSR count). The van der Waals surface area contributed by atoms with E-state index in [9.17, 15) is 9.59 Å². The summed E-state index contributed by atoms with van der Waals surface area (Å²) in [7, 11) is 0. The van der Waals surface area contributed by atoms with Crippen LogP contribution in [0.4, 0.5) is 4.79 Å². The van der Waals surface area contributed by atoms with Crippen molar-refractivity contribution < 1.29 is 14.3 Å². The number of halogens is 1. The van der Waals surface area contributed by atoms with E-state index in [2.05, 4.69) is 20.9 Å². The molecule has 3 aromatic rings. The first-order valence-electron chi connectivity index (χ1n) is 11.3. The molecule has 0 unspecified atom stereocenters. The second-order valence-electron chi connectivity index (χ2n) is 8.15. The molecule has 2 aromatic carbocycles. The molecule has 3 N–H and O–H groups in total. The van der Waals surface area contributed by atoms with Gasteiger partial charge < -0.3 is 20.7 Å². The normalized spacial score (nSPS) is 17.6. The third kappa shape index (κ3) is 6.95. The van der Waals surface area contributed by atoms with E-state index in [0.29, 0.717) is 28.0 Å². The third-order valence-electron chi connectivity index (χ3n) is 5.66. The number of thiazole rings is 1. The molecule has 0 aliphatic heterocycles. The summed E-state index contributed by atoms with van der Waals surface area (Å²) in [5.74, 6) is 0.449. The van der Waals surface area contributed by atoms with Crippen LogP contribution in [0.25, 0.3) is 0 Å². The summed E-state index contributed by atoms with van der Waals surface area (Å²) in [4.78, 5) is 29.7. The highest BCUT2D eigenvalue weighted by Crippen LogP contribution is 2.21. The predicted octanol–water partition coefficient (Wildman–Crippen LogP) is 4.92. The van der Waals surface area contributed by atoms with Crippen LogP contribution in [0.5, 0.6) is 5.75 Å². The molecule has 0 radical (unpaired) electrons. The molecule has 178 valence electrons. The summed E-state index contributed by atoms with van der Waals surface area (Å²) in [6, 6.07) is 16.3. The van der Waals surface area contributed by atoms with Gasteiger partial charge in [-0.05, 0) is 42.7 Å². The SMILES string of the molecule is O=C(NCc1ccccc1)N[C@@H]1CCCC[C@@H]1NC(=O)c1csc(COc2ccc(Cl)cc2)n1. The number of hydrogen-bond donors (Lipinski definition) is 3. The Bertz CT molecular complexity index is 1090. The molecule has 3 amide bonds. The largest absolute Gasteiger partial charge is 0.486 e. The number of carbonyl (C=O) groups is 2. The van der Waals surface area contributed by atoms with Crippen molar-refractivity contribution in [2.75, 3.05) is 0 Å². The Morgan fingerprint density at radius 1 is 1.00 bits per heavy atom. The highest BCUT2D eigenvalue weighted by atomic mass is 35.5. The minimum atomic E-state index is -0.239. The summed E-state index contributed by atoms with van der Waals surface area (Å²) in [6.45, 7) is 0.727. The average molecular weight is 499 g/mol. The molecule has 1 aliphatic rings. The lowest BCUT2D eigenvalue weighted by Crippen LogP contribution is -2.55. The first kappa shape index (κ1) is 24.0. The van der Waals surface area contributed by atoms with Crippen molar-refractivity contribution in [3.8, 4) is 5.75 Å². The topological polar surface area (TPSA) is 92.4 Å². The minimum Gasteiger partial charge on any atom is -0.486 e. The van der Waals surface area contributed by atoms with Gasteiger partial charge in [-0.15, -0.1) is 11.3 Å². The van der Waals surface area contributed by atoms with E-state index in [1.807, 2.05) is 30.3 Å². The van der Waals surface area contributed by atoms with Crippen molar-refractivity contribution in [1.82, 2.24) is 20.9 Å². The number of aromatic nitrogens is 1. The fourth-order valence-corrected chi connectivity index (χ4v) is 4.69. The monoisotopic (exact) mass is 498 g/mol. The van der Waals surface area contributed by atoms with E-state index < -0.39 is 0 Å². The van der Waals surface area contributed by atoms with Gasteiger partial charge in [0.2, 0.25) is 0 Å². The zero-order chi connectivity index (χ0) is 23.8. The molecule has 1 fully saturated rings. The molecule has 1 saturated carbocycles. The first-order valence-corrected chi connectivity index (χ1v) is 12.5. The minimum absolute atomic E-state index is 0.125. The molecule has 1 heterocycles. The average Bonchev–Trinajstić information content (AvgIpc) is 3.34. The van der Waals surface area contributed by atoms with Crippen LogP contribution in [-0.2, 0) is 13.2 Å². The Morgan fingerprint density at radius 3 is 2.44 bits per heavy atom. The van der Waals surface area contributed by atoms with E-state index in [-0.39, 0.29) is 30.6 Å². The molecule has 34 heavy (non-hydrogen) atoms. The van der Waals surface area contributed by atoms with Crippen molar-refractivity contribution in [2.45, 2.75) is 50.9 Å². The number of hydrogen-bond acceptors (Lipinski definition) is 5. The predicted molar refractivity (Wildman–Crippen MR) is 133 cm³/mol. The Hall–Kier alpha value is -3.10. The molecule has 0 spiro atoms. The first-order chi connectivity index (χ1) is 16.6. The number of nitrogens with zero attached hydrogens (tertiary/aromatic N) is 1. The maximum atomic E-state index is 12.8. The highest BCUT2D eigenvalue weighted by Gasteiger charge is 2.28. The van der Waals surface area contributed by atoms with E-state index in [4.69, 9.17) is 16.3 Å². The van der Waals surface area contributed by atoms with Gasteiger partial charge >= 0.3 is 6.03 Å². The van der Waals surface area contributed by atoms with Gasteiger partial charge in [0.05, 0.1) is 6.04 Å². The lowest BCUT2D eigenvalue weighted by molar-refractivity contribution is 0.0911.